The van der Waals surface area contributed by atoms with Gasteiger partial charge in [-0.3, -0.25) is 9.59 Å². The summed E-state index contributed by atoms with van der Waals surface area (Å²) in [5.74, 6) is -0.734. The Labute approximate surface area is 225 Å². The summed E-state index contributed by atoms with van der Waals surface area (Å²) in [6, 6.07) is 29.3. The third-order valence-electron chi connectivity index (χ3n) is 6.60. The molecule has 37 heavy (non-hydrogen) atoms. The van der Waals surface area contributed by atoms with E-state index in [1.807, 2.05) is 85.8 Å². The fourth-order valence-electron chi connectivity index (χ4n) is 4.77. The maximum absolute atomic E-state index is 14.0. The third-order valence-corrected chi connectivity index (χ3v) is 7.03. The summed E-state index contributed by atoms with van der Waals surface area (Å²) in [6.45, 7) is 2.71. The van der Waals surface area contributed by atoms with Gasteiger partial charge in [0.25, 0.3) is 0 Å². The molecule has 2 atom stereocenters. The van der Waals surface area contributed by atoms with Crippen molar-refractivity contribution in [1.29, 1.82) is 0 Å². The zero-order valence-electron chi connectivity index (χ0n) is 21.5. The zero-order chi connectivity index (χ0) is 26.5. The van der Waals surface area contributed by atoms with E-state index in [0.29, 0.717) is 24.4 Å². The number of hydrogen-bond donors (Lipinski definition) is 3. The van der Waals surface area contributed by atoms with Gasteiger partial charge < -0.3 is 16.4 Å². The molecule has 0 aliphatic heterocycles. The van der Waals surface area contributed by atoms with Crippen molar-refractivity contribution in [1.82, 2.24) is 10.6 Å². The first-order valence-electron chi connectivity index (χ1n) is 12.9. The molecule has 0 saturated heterocycles. The van der Waals surface area contributed by atoms with Crippen LogP contribution in [-0.4, -0.2) is 29.4 Å². The maximum atomic E-state index is 14.0. The van der Waals surface area contributed by atoms with E-state index in [9.17, 15) is 9.59 Å². The van der Waals surface area contributed by atoms with Gasteiger partial charge in [-0.2, -0.15) is 0 Å². The van der Waals surface area contributed by atoms with Crippen molar-refractivity contribution < 1.29 is 9.59 Å². The van der Waals surface area contributed by atoms with Crippen LogP contribution in [0.4, 0.5) is 0 Å². The molecule has 0 unspecified atom stereocenters. The molecule has 0 radical (unpaired) electrons. The molecule has 0 aliphatic rings. The van der Waals surface area contributed by atoms with Gasteiger partial charge in [0.1, 0.15) is 0 Å². The first-order valence-corrected chi connectivity index (χ1v) is 13.4. The number of amides is 2. The summed E-state index contributed by atoms with van der Waals surface area (Å²) in [4.78, 5) is 26.8. The number of carbonyl (C=O) groups excluding carboxylic acids is 2. The molecular formula is C31H37N3O2S. The van der Waals surface area contributed by atoms with E-state index in [-0.39, 0.29) is 12.3 Å². The monoisotopic (exact) mass is 515 g/mol. The van der Waals surface area contributed by atoms with Crippen LogP contribution in [-0.2, 0) is 27.8 Å². The Morgan fingerprint density at radius 1 is 0.892 bits per heavy atom. The molecule has 3 aromatic rings. The van der Waals surface area contributed by atoms with E-state index in [0.717, 1.165) is 30.4 Å². The zero-order valence-corrected chi connectivity index (χ0v) is 22.3. The first kappa shape index (κ1) is 28.1. The van der Waals surface area contributed by atoms with Gasteiger partial charge in [0.05, 0.1) is 16.4 Å². The van der Waals surface area contributed by atoms with E-state index < -0.39 is 17.4 Å². The van der Waals surface area contributed by atoms with E-state index in [4.69, 9.17) is 18.0 Å². The molecule has 2 amide bonds. The molecule has 0 aromatic heterocycles. The van der Waals surface area contributed by atoms with Crippen molar-refractivity contribution >= 4 is 29.0 Å². The lowest BCUT2D eigenvalue weighted by Crippen LogP contribution is -2.54. The number of nitrogens with two attached hydrogens (primary N) is 1. The molecule has 0 fully saturated rings. The average molecular weight is 516 g/mol. The highest BCUT2D eigenvalue weighted by molar-refractivity contribution is 7.80. The minimum Gasteiger partial charge on any atom is -0.378 e. The predicted octanol–water partition coefficient (Wildman–Crippen LogP) is 4.88. The lowest BCUT2D eigenvalue weighted by atomic mass is 9.73. The Balaban J connectivity index is 1.79. The lowest BCUT2D eigenvalue weighted by molar-refractivity contribution is -0.131. The van der Waals surface area contributed by atoms with Crippen molar-refractivity contribution in [2.24, 2.45) is 5.73 Å². The summed E-state index contributed by atoms with van der Waals surface area (Å²) >= 11 is 5.80. The van der Waals surface area contributed by atoms with Crippen LogP contribution in [0.1, 0.15) is 49.3 Å². The van der Waals surface area contributed by atoms with Gasteiger partial charge in [0.15, 0.2) is 0 Å². The third kappa shape index (κ3) is 8.25. The van der Waals surface area contributed by atoms with Gasteiger partial charge in [0, 0.05) is 13.0 Å². The van der Waals surface area contributed by atoms with Crippen LogP contribution in [0, 0.1) is 0 Å². The topological polar surface area (TPSA) is 84.2 Å². The van der Waals surface area contributed by atoms with E-state index in [1.165, 1.54) is 5.56 Å². The summed E-state index contributed by atoms with van der Waals surface area (Å²) in [5.41, 5.74) is 7.75. The van der Waals surface area contributed by atoms with Crippen LogP contribution >= 0.6 is 12.2 Å². The van der Waals surface area contributed by atoms with Crippen molar-refractivity contribution in [3.63, 3.8) is 0 Å². The van der Waals surface area contributed by atoms with Crippen molar-refractivity contribution in [2.75, 3.05) is 6.54 Å². The van der Waals surface area contributed by atoms with Crippen LogP contribution in [0.15, 0.2) is 91.0 Å². The average Bonchev–Trinajstić information content (AvgIpc) is 2.91. The van der Waals surface area contributed by atoms with E-state index in [1.54, 1.807) is 0 Å². The van der Waals surface area contributed by atoms with Gasteiger partial charge in [-0.15, -0.1) is 0 Å². The molecule has 5 nitrogen and oxygen atoms in total. The second kappa shape index (κ2) is 14.3. The Hall–Kier alpha value is -3.51. The predicted molar refractivity (Wildman–Crippen MR) is 154 cm³/mol. The second-order valence-corrected chi connectivity index (χ2v) is 9.88. The number of thiocarbonyl (C=S) groups is 1. The van der Waals surface area contributed by atoms with Gasteiger partial charge in [-0.25, -0.2) is 0 Å². The number of rotatable bonds is 14. The number of benzene rings is 3. The molecule has 0 bridgehead atoms. The smallest absolute Gasteiger partial charge is 0.231 e. The summed E-state index contributed by atoms with van der Waals surface area (Å²) in [7, 11) is 0. The first-order chi connectivity index (χ1) is 17.9. The number of hydrogen-bond acceptors (Lipinski definition) is 3. The molecule has 3 rings (SSSR count). The number of nitrogens with one attached hydrogen (secondary N) is 2. The fraction of sp³-hybridized carbons (Fsp3) is 0.323. The fourth-order valence-corrected chi connectivity index (χ4v) is 5.01. The number of aryl methyl sites for hydroxylation is 1. The van der Waals surface area contributed by atoms with Gasteiger partial charge in [-0.05, 0) is 42.4 Å². The normalized spacial score (nSPS) is 13.2. The van der Waals surface area contributed by atoms with Crippen LogP contribution in [0.5, 0.6) is 0 Å². The Kier molecular flexibility index (Phi) is 10.8. The van der Waals surface area contributed by atoms with Crippen molar-refractivity contribution in [3.8, 4) is 0 Å². The number of carbonyl (C=O) groups is 2. The largest absolute Gasteiger partial charge is 0.378 e. The molecule has 0 spiro atoms. The van der Waals surface area contributed by atoms with Crippen LogP contribution in [0.25, 0.3) is 0 Å². The summed E-state index contributed by atoms with van der Waals surface area (Å²) in [6.07, 6.45) is 3.57. The molecule has 4 N–H and O–H groups in total. The van der Waals surface area contributed by atoms with E-state index >= 15 is 0 Å². The Morgan fingerprint density at radius 2 is 1.46 bits per heavy atom. The van der Waals surface area contributed by atoms with Crippen LogP contribution in [0.3, 0.4) is 0 Å². The quantitative estimate of drug-likeness (QED) is 0.211. The highest BCUT2D eigenvalue weighted by Crippen LogP contribution is 2.34. The van der Waals surface area contributed by atoms with Crippen LogP contribution < -0.4 is 16.4 Å². The number of primary amides is 1. The summed E-state index contributed by atoms with van der Waals surface area (Å²) in [5, 5.41) is 6.57. The minimum atomic E-state index is -1.06. The molecule has 3 aromatic carbocycles. The lowest BCUT2D eigenvalue weighted by Gasteiger charge is -2.34. The van der Waals surface area contributed by atoms with Gasteiger partial charge in [0.2, 0.25) is 11.8 Å². The Bertz CT molecular complexity index is 1140. The molecular weight excluding hydrogens is 478 g/mol. The molecule has 0 aliphatic carbocycles. The molecule has 0 heterocycles. The summed E-state index contributed by atoms with van der Waals surface area (Å²) < 4.78 is 0. The van der Waals surface area contributed by atoms with Crippen molar-refractivity contribution in [2.45, 2.75) is 56.9 Å². The molecule has 6 heteroatoms. The van der Waals surface area contributed by atoms with Crippen LogP contribution in [0.2, 0.25) is 0 Å². The second-order valence-electron chi connectivity index (χ2n) is 9.44. The Morgan fingerprint density at radius 3 is 2.03 bits per heavy atom. The molecule has 194 valence electrons. The van der Waals surface area contributed by atoms with Gasteiger partial charge >= 0.3 is 0 Å². The standard InChI is InChI=1S/C31H37N3O2S/c1-2-20-31(23-28(32)35,26-18-10-5-11-19-26)30(36)34-27(22-25-15-8-4-9-16-25)29(37)33-21-12-17-24-13-6-3-7-14-24/h3-11,13-16,18-19,27H,2,12,17,20-23H2,1H3,(H2,32,35)(H,33,37)(H,34,36)/t27-,31+/m0/s1. The molecule has 0 saturated carbocycles. The van der Waals surface area contributed by atoms with E-state index in [2.05, 4.69) is 22.8 Å². The SMILES string of the molecule is CCC[C@](CC(N)=O)(C(=O)N[C@@H](Cc1ccccc1)C(=S)NCCCc1ccccc1)c1ccccc1. The van der Waals surface area contributed by atoms with Crippen molar-refractivity contribution in [3.05, 3.63) is 108 Å². The highest BCUT2D eigenvalue weighted by Gasteiger charge is 2.42. The maximum Gasteiger partial charge on any atom is 0.231 e. The minimum absolute atomic E-state index is 0.0635. The highest BCUT2D eigenvalue weighted by atomic mass is 32.1. The van der Waals surface area contributed by atoms with Gasteiger partial charge in [-0.1, -0.05) is 117 Å².